The molecule has 18 nitrogen and oxygen atoms in total. The highest BCUT2D eigenvalue weighted by molar-refractivity contribution is 7.89. The van der Waals surface area contributed by atoms with Gasteiger partial charge in [0.05, 0.1) is 38.5 Å². The average molecular weight is 1140 g/mol. The van der Waals surface area contributed by atoms with Crippen LogP contribution < -0.4 is 21.1 Å². The van der Waals surface area contributed by atoms with Crippen molar-refractivity contribution >= 4 is 62.3 Å². The number of carbonyl (C=O) groups is 5. The summed E-state index contributed by atoms with van der Waals surface area (Å²) < 4.78 is 25.8. The molecular weight excluding hydrogens is 1070 g/mol. The van der Waals surface area contributed by atoms with E-state index in [1.807, 2.05) is 81.7 Å². The van der Waals surface area contributed by atoms with Crippen LogP contribution >= 0.6 is 22.7 Å². The van der Waals surface area contributed by atoms with Crippen LogP contribution in [-0.4, -0.2) is 104 Å². The SMILES string of the molecule is Cc1ncsc1-c1ccc(CNC(=O)[C@@H]2C[C@@H](O)CN2C(=O)[C@@H](NC(=O)CCCCCC(=O)NCCCCC#Cc2cccc(-c3nn(-c4nc(C(=O)O)cs4)c(CC4CC4)c3Cc3ccc(S(N)(=O)=O)cc3)c2)C(C)(C)C)cc1. The Hall–Kier alpha value is -7.09. The number of primary sulfonamides is 1. The van der Waals surface area contributed by atoms with Crippen molar-refractivity contribution in [2.45, 2.75) is 141 Å². The number of carboxylic acids is 1. The summed E-state index contributed by atoms with van der Waals surface area (Å²) in [6, 6.07) is 20.3. The molecular formula is C59H69N9O9S3. The minimum atomic E-state index is -3.87. The molecule has 2 aliphatic rings. The lowest BCUT2D eigenvalue weighted by Crippen LogP contribution is -2.57. The number of nitrogens with one attached hydrogen (secondary N) is 3. The molecule has 6 aromatic rings. The molecule has 1 aliphatic heterocycles. The Labute approximate surface area is 475 Å². The quantitative estimate of drug-likeness (QED) is 0.0251. The van der Waals surface area contributed by atoms with Gasteiger partial charge in [-0.05, 0) is 104 Å². The number of nitrogens with zero attached hydrogens (tertiary/aromatic N) is 5. The molecule has 422 valence electrons. The van der Waals surface area contributed by atoms with Gasteiger partial charge in [-0.1, -0.05) is 87.6 Å². The van der Waals surface area contributed by atoms with Crippen LogP contribution in [0.15, 0.2) is 88.6 Å². The predicted molar refractivity (Wildman–Crippen MR) is 307 cm³/mol. The number of aryl methyl sites for hydroxylation is 1. The summed E-state index contributed by atoms with van der Waals surface area (Å²) in [6.45, 7) is 8.25. The van der Waals surface area contributed by atoms with Gasteiger partial charge in [0.2, 0.25) is 38.8 Å². The number of β-amino-alcohol motifs (C(OH)–C–C–N with tert-alkyl or cyclic N) is 1. The van der Waals surface area contributed by atoms with Crippen LogP contribution in [-0.2, 0) is 48.6 Å². The van der Waals surface area contributed by atoms with E-state index in [4.69, 9.17) is 10.2 Å². The minimum Gasteiger partial charge on any atom is -0.476 e. The van der Waals surface area contributed by atoms with E-state index in [0.29, 0.717) is 61.8 Å². The van der Waals surface area contributed by atoms with Crippen LogP contribution in [0.3, 0.4) is 0 Å². The summed E-state index contributed by atoms with van der Waals surface area (Å²) in [6.07, 6.45) is 6.88. The number of amides is 4. The Kier molecular flexibility index (Phi) is 19.5. The largest absolute Gasteiger partial charge is 0.476 e. The van der Waals surface area contributed by atoms with Crippen molar-refractivity contribution in [1.29, 1.82) is 0 Å². The Balaban J connectivity index is 0.769. The number of carbonyl (C=O) groups excluding carboxylic acids is 4. The molecule has 0 spiro atoms. The van der Waals surface area contributed by atoms with E-state index in [0.717, 1.165) is 81.7 Å². The van der Waals surface area contributed by atoms with Gasteiger partial charge in [0.1, 0.15) is 12.1 Å². The second kappa shape index (κ2) is 26.5. The first-order valence-electron chi connectivity index (χ1n) is 27.0. The summed E-state index contributed by atoms with van der Waals surface area (Å²) in [7, 11) is -3.87. The van der Waals surface area contributed by atoms with Crippen molar-refractivity contribution in [3.63, 3.8) is 0 Å². The topological polar surface area (TPSA) is 269 Å². The van der Waals surface area contributed by atoms with E-state index in [1.54, 1.807) is 28.2 Å². The lowest BCUT2D eigenvalue weighted by molar-refractivity contribution is -0.144. The number of hydrogen-bond acceptors (Lipinski definition) is 13. The molecule has 8 rings (SSSR count). The van der Waals surface area contributed by atoms with Crippen molar-refractivity contribution < 1.29 is 42.6 Å². The van der Waals surface area contributed by atoms with Crippen LogP contribution in [0.25, 0.3) is 26.8 Å². The number of unbranched alkanes of at least 4 members (excludes halogenated alkanes) is 4. The molecule has 3 aromatic heterocycles. The molecule has 0 radical (unpaired) electrons. The van der Waals surface area contributed by atoms with Crippen molar-refractivity contribution in [1.82, 2.24) is 40.6 Å². The second-order valence-corrected chi connectivity index (χ2v) is 25.0. The van der Waals surface area contributed by atoms with E-state index in [-0.39, 0.29) is 54.2 Å². The Morgan fingerprint density at radius 1 is 0.887 bits per heavy atom. The lowest BCUT2D eigenvalue weighted by atomic mass is 9.85. The molecule has 80 heavy (non-hydrogen) atoms. The normalized spacial score (nSPS) is 15.7. The Morgan fingerprint density at radius 3 is 2.27 bits per heavy atom. The number of benzene rings is 3. The molecule has 2 fully saturated rings. The van der Waals surface area contributed by atoms with Crippen molar-refractivity contribution in [3.05, 3.63) is 123 Å². The molecule has 21 heteroatoms. The van der Waals surface area contributed by atoms with E-state index in [2.05, 4.69) is 37.8 Å². The number of sulfonamides is 1. The average Bonchev–Trinajstić information content (AvgIpc) is 3.70. The van der Waals surface area contributed by atoms with Gasteiger partial charge in [0.15, 0.2) is 5.69 Å². The molecule has 7 N–H and O–H groups in total. The Bertz CT molecular complexity index is 3370. The van der Waals surface area contributed by atoms with E-state index in [9.17, 15) is 42.6 Å². The zero-order valence-corrected chi connectivity index (χ0v) is 47.9. The van der Waals surface area contributed by atoms with E-state index >= 15 is 0 Å². The third-order valence-electron chi connectivity index (χ3n) is 14.2. The van der Waals surface area contributed by atoms with Crippen LogP contribution in [0.1, 0.15) is 136 Å². The smallest absolute Gasteiger partial charge is 0.355 e. The number of thiazole rings is 2. The highest BCUT2D eigenvalue weighted by atomic mass is 32.2. The second-order valence-electron chi connectivity index (χ2n) is 21.7. The van der Waals surface area contributed by atoms with E-state index in [1.165, 1.54) is 33.7 Å². The number of rotatable bonds is 24. The first-order valence-corrected chi connectivity index (χ1v) is 30.3. The Morgan fingerprint density at radius 2 is 1.61 bits per heavy atom. The molecule has 4 heterocycles. The number of aliphatic hydroxyl groups is 1. The zero-order chi connectivity index (χ0) is 57.1. The maximum atomic E-state index is 14.1. The highest BCUT2D eigenvalue weighted by Gasteiger charge is 2.44. The van der Waals surface area contributed by atoms with Gasteiger partial charge < -0.3 is 31.1 Å². The van der Waals surface area contributed by atoms with Crippen LogP contribution in [0.2, 0.25) is 0 Å². The lowest BCUT2D eigenvalue weighted by Gasteiger charge is -2.35. The third kappa shape index (κ3) is 15.8. The standard InChI is InChI=1S/C59H69N9O9S3/c1-37-53(79-36-63-37)42-24-20-41(21-25-42)33-62-55(72)49-32-44(69)34-67(49)56(73)54(59(2,3)4)65-51(71)17-10-7-9-16-50(70)61-28-11-6-5-8-13-38-14-12-15-43(29-38)52-46(30-39-22-26-45(27-23-39)80(60,76)77)48(31-40-18-19-40)68(66-52)58-64-47(35-78-58)57(74)75/h12,14-15,20-27,29,35-36,40,44,49,54,69H,5-7,9-11,16-19,28,30-34H2,1-4H3,(H,61,70)(H,62,72)(H,65,71)(H,74,75)(H2,60,76,77)/t44-,49+,54-/m1/s1. The minimum absolute atomic E-state index is 0.0142. The molecule has 3 atom stereocenters. The number of hydrogen-bond donors (Lipinski definition) is 6. The molecule has 0 bridgehead atoms. The fourth-order valence-corrected chi connectivity index (χ4v) is 11.8. The summed E-state index contributed by atoms with van der Waals surface area (Å²) in [5.74, 6) is 4.70. The number of aromatic nitrogens is 4. The van der Waals surface area contributed by atoms with Crippen molar-refractivity contribution in [3.8, 4) is 38.7 Å². The first kappa shape index (κ1) is 59.0. The summed E-state index contributed by atoms with van der Waals surface area (Å²) in [5, 5.41) is 41.5. The maximum Gasteiger partial charge on any atom is 0.355 e. The number of carboxylic acid groups (broad SMARTS) is 1. The zero-order valence-electron chi connectivity index (χ0n) is 45.5. The van der Waals surface area contributed by atoms with Gasteiger partial charge in [0.25, 0.3) is 0 Å². The molecule has 1 saturated heterocycles. The number of likely N-dealkylation sites (tertiary alicyclic amines) is 1. The van der Waals surface area contributed by atoms with Gasteiger partial charge in [0, 0.05) is 73.8 Å². The monoisotopic (exact) mass is 1140 g/mol. The van der Waals surface area contributed by atoms with Crippen LogP contribution in [0.5, 0.6) is 0 Å². The number of aliphatic hydroxyl groups excluding tert-OH is 1. The first-order chi connectivity index (χ1) is 38.2. The fourth-order valence-electron chi connectivity index (χ4n) is 9.65. The maximum absolute atomic E-state index is 14.1. The highest BCUT2D eigenvalue weighted by Crippen LogP contribution is 2.39. The summed E-state index contributed by atoms with van der Waals surface area (Å²) in [5.41, 5.74) is 8.96. The predicted octanol–water partition coefficient (Wildman–Crippen LogP) is 7.71. The number of aromatic carboxylic acids is 1. The molecule has 4 amide bonds. The van der Waals surface area contributed by atoms with Gasteiger partial charge in [-0.2, -0.15) is 5.10 Å². The molecule has 3 aromatic carbocycles. The van der Waals surface area contributed by atoms with Crippen molar-refractivity contribution in [2.24, 2.45) is 16.5 Å². The van der Waals surface area contributed by atoms with Crippen LogP contribution in [0.4, 0.5) is 0 Å². The van der Waals surface area contributed by atoms with Crippen molar-refractivity contribution in [2.75, 3.05) is 13.1 Å². The van der Waals surface area contributed by atoms with Gasteiger partial charge in [-0.25, -0.2) is 33.0 Å². The number of nitrogens with two attached hydrogens (primary N) is 1. The molecule has 0 unspecified atom stereocenters. The van der Waals surface area contributed by atoms with E-state index < -0.39 is 45.5 Å². The molecule has 1 saturated carbocycles. The van der Waals surface area contributed by atoms with Crippen LogP contribution in [0, 0.1) is 30.1 Å². The van der Waals surface area contributed by atoms with Gasteiger partial charge in [-0.15, -0.1) is 22.7 Å². The fraction of sp³-hybridized carbons (Fsp3) is 0.424. The van der Waals surface area contributed by atoms with Gasteiger partial charge >= 0.3 is 5.97 Å². The molecule has 1 aliphatic carbocycles. The third-order valence-corrected chi connectivity index (χ3v) is 17.0. The van der Waals surface area contributed by atoms with Gasteiger partial charge in [-0.3, -0.25) is 19.2 Å². The summed E-state index contributed by atoms with van der Waals surface area (Å²) in [4.78, 5) is 76.5. The summed E-state index contributed by atoms with van der Waals surface area (Å²) >= 11 is 2.77.